The number of carbonyl (C=O) groups is 2. The Morgan fingerprint density at radius 2 is 1.70 bits per heavy atom. The number of nitrogens with zero attached hydrogens (tertiary/aromatic N) is 2. The average Bonchev–Trinajstić information content (AvgIpc) is 3.30. The molecule has 0 aliphatic rings. The standard InChI is InChI=1S/C22H20N4O2S2/c1-13-15(19(27)23-14-8-5-4-6-9-14)10-7-11-16(13)24-20(28)17-12-18-21(29-17)25-22(30-18)26(2)3/h4-12H,1-3H3,(H,23,27)(H,24,28). The number of amides is 2. The largest absolute Gasteiger partial charge is 0.354 e. The molecule has 2 N–H and O–H groups in total. The van der Waals surface area contributed by atoms with Gasteiger partial charge < -0.3 is 15.5 Å². The molecule has 0 atom stereocenters. The Morgan fingerprint density at radius 3 is 2.40 bits per heavy atom. The number of aromatic nitrogens is 1. The molecule has 2 aromatic carbocycles. The van der Waals surface area contributed by atoms with Crippen molar-refractivity contribution in [2.45, 2.75) is 6.92 Å². The van der Waals surface area contributed by atoms with Crippen LogP contribution in [0.2, 0.25) is 0 Å². The molecule has 8 heteroatoms. The Labute approximate surface area is 182 Å². The van der Waals surface area contributed by atoms with Crippen LogP contribution in [0.15, 0.2) is 54.6 Å². The second-order valence-electron chi connectivity index (χ2n) is 6.92. The molecule has 0 saturated carbocycles. The van der Waals surface area contributed by atoms with Crippen LogP contribution in [0, 0.1) is 6.92 Å². The van der Waals surface area contributed by atoms with Gasteiger partial charge in [-0.05, 0) is 42.8 Å². The second kappa shape index (κ2) is 8.25. The summed E-state index contributed by atoms with van der Waals surface area (Å²) in [5, 5.41) is 6.72. The van der Waals surface area contributed by atoms with Crippen molar-refractivity contribution in [1.29, 1.82) is 0 Å². The fourth-order valence-corrected chi connectivity index (χ4v) is 4.98. The van der Waals surface area contributed by atoms with Crippen LogP contribution in [0.3, 0.4) is 0 Å². The van der Waals surface area contributed by atoms with E-state index in [1.807, 2.05) is 62.3 Å². The summed E-state index contributed by atoms with van der Waals surface area (Å²) < 4.78 is 0.988. The van der Waals surface area contributed by atoms with Gasteiger partial charge in [-0.1, -0.05) is 35.6 Å². The molecular formula is C22H20N4O2S2. The molecular weight excluding hydrogens is 416 g/mol. The monoisotopic (exact) mass is 436 g/mol. The first kappa shape index (κ1) is 20.1. The maximum absolute atomic E-state index is 12.8. The number of anilines is 3. The maximum atomic E-state index is 12.8. The number of carbonyl (C=O) groups excluding carboxylic acids is 2. The van der Waals surface area contributed by atoms with E-state index in [2.05, 4.69) is 15.6 Å². The van der Waals surface area contributed by atoms with Gasteiger partial charge in [0.05, 0.1) is 9.58 Å². The predicted molar refractivity (Wildman–Crippen MR) is 125 cm³/mol. The SMILES string of the molecule is Cc1c(NC(=O)c2cc3sc(N(C)C)nc3s2)cccc1C(=O)Nc1ccccc1. The van der Waals surface area contributed by atoms with Crippen molar-refractivity contribution in [2.24, 2.45) is 0 Å². The number of hydrogen-bond acceptors (Lipinski definition) is 6. The molecule has 0 unspecified atom stereocenters. The minimum atomic E-state index is -0.216. The van der Waals surface area contributed by atoms with Crippen molar-refractivity contribution >= 4 is 60.5 Å². The van der Waals surface area contributed by atoms with Crippen LogP contribution in [-0.4, -0.2) is 30.9 Å². The van der Waals surface area contributed by atoms with Crippen LogP contribution in [0.5, 0.6) is 0 Å². The molecule has 0 fully saturated rings. The summed E-state index contributed by atoms with van der Waals surface area (Å²) in [5.41, 5.74) is 2.56. The van der Waals surface area contributed by atoms with E-state index < -0.39 is 0 Å². The van der Waals surface area contributed by atoms with Gasteiger partial charge in [-0.3, -0.25) is 9.59 Å². The Kier molecular flexibility index (Phi) is 5.52. The summed E-state index contributed by atoms with van der Waals surface area (Å²) in [6.07, 6.45) is 0. The van der Waals surface area contributed by atoms with E-state index in [4.69, 9.17) is 0 Å². The average molecular weight is 437 g/mol. The van der Waals surface area contributed by atoms with Gasteiger partial charge in [-0.25, -0.2) is 4.98 Å². The molecule has 152 valence electrons. The van der Waals surface area contributed by atoms with Crippen LogP contribution >= 0.6 is 22.7 Å². The molecule has 4 rings (SSSR count). The predicted octanol–water partition coefficient (Wildman–Crippen LogP) is 5.24. The van der Waals surface area contributed by atoms with Gasteiger partial charge >= 0.3 is 0 Å². The molecule has 0 aliphatic carbocycles. The number of thiazole rings is 1. The normalized spacial score (nSPS) is 10.8. The summed E-state index contributed by atoms with van der Waals surface area (Å²) in [6.45, 7) is 1.83. The second-order valence-corrected chi connectivity index (χ2v) is 8.96. The zero-order valence-electron chi connectivity index (χ0n) is 16.7. The van der Waals surface area contributed by atoms with Gasteiger partial charge in [-0.2, -0.15) is 0 Å². The lowest BCUT2D eigenvalue weighted by atomic mass is 10.1. The first-order valence-electron chi connectivity index (χ1n) is 9.27. The third kappa shape index (κ3) is 4.05. The minimum absolute atomic E-state index is 0.208. The molecule has 6 nitrogen and oxygen atoms in total. The van der Waals surface area contributed by atoms with Crippen molar-refractivity contribution in [2.75, 3.05) is 29.6 Å². The third-order valence-electron chi connectivity index (χ3n) is 4.54. The van der Waals surface area contributed by atoms with Gasteiger partial charge in [0.1, 0.15) is 4.83 Å². The van der Waals surface area contributed by atoms with Gasteiger partial charge in [-0.15, -0.1) is 11.3 Å². The molecule has 30 heavy (non-hydrogen) atoms. The lowest BCUT2D eigenvalue weighted by Crippen LogP contribution is -2.16. The maximum Gasteiger partial charge on any atom is 0.265 e. The number of nitrogens with one attached hydrogen (secondary N) is 2. The highest BCUT2D eigenvalue weighted by atomic mass is 32.1. The van der Waals surface area contributed by atoms with E-state index in [0.717, 1.165) is 20.3 Å². The van der Waals surface area contributed by atoms with Crippen molar-refractivity contribution < 1.29 is 9.59 Å². The highest BCUT2D eigenvalue weighted by Crippen LogP contribution is 2.34. The van der Waals surface area contributed by atoms with E-state index in [9.17, 15) is 9.59 Å². The van der Waals surface area contributed by atoms with Crippen molar-refractivity contribution in [3.05, 3.63) is 70.6 Å². The van der Waals surface area contributed by atoms with E-state index in [-0.39, 0.29) is 11.8 Å². The van der Waals surface area contributed by atoms with Gasteiger partial charge in [0.15, 0.2) is 5.13 Å². The zero-order valence-corrected chi connectivity index (χ0v) is 18.4. The first-order valence-corrected chi connectivity index (χ1v) is 10.9. The summed E-state index contributed by atoms with van der Waals surface area (Å²) in [6, 6.07) is 16.4. The van der Waals surface area contributed by atoms with Crippen molar-refractivity contribution in [1.82, 2.24) is 4.98 Å². The van der Waals surface area contributed by atoms with E-state index >= 15 is 0 Å². The molecule has 4 aromatic rings. The lowest BCUT2D eigenvalue weighted by Gasteiger charge is -2.12. The molecule has 0 radical (unpaired) electrons. The highest BCUT2D eigenvalue weighted by Gasteiger charge is 2.17. The van der Waals surface area contributed by atoms with Crippen LogP contribution in [0.4, 0.5) is 16.5 Å². The van der Waals surface area contributed by atoms with E-state index in [1.165, 1.54) is 11.3 Å². The topological polar surface area (TPSA) is 74.3 Å². The van der Waals surface area contributed by atoms with Crippen LogP contribution < -0.4 is 15.5 Å². The van der Waals surface area contributed by atoms with E-state index in [0.29, 0.717) is 21.7 Å². The Bertz CT molecular complexity index is 1200. The summed E-state index contributed by atoms with van der Waals surface area (Å²) in [7, 11) is 3.89. The smallest absolute Gasteiger partial charge is 0.265 e. The number of fused-ring (bicyclic) bond motifs is 1. The molecule has 2 amide bonds. The number of para-hydroxylation sites is 1. The Balaban J connectivity index is 1.53. The Hall–Kier alpha value is -3.23. The quantitative estimate of drug-likeness (QED) is 0.449. The summed E-state index contributed by atoms with van der Waals surface area (Å²) in [4.78, 5) is 33.4. The van der Waals surface area contributed by atoms with Gasteiger partial charge in [0.25, 0.3) is 11.8 Å². The van der Waals surface area contributed by atoms with Crippen LogP contribution in [0.1, 0.15) is 25.6 Å². The number of rotatable bonds is 5. The minimum Gasteiger partial charge on any atom is -0.354 e. The molecule has 0 aliphatic heterocycles. The van der Waals surface area contributed by atoms with Gasteiger partial charge in [0.2, 0.25) is 0 Å². The fourth-order valence-electron chi connectivity index (χ4n) is 2.95. The molecule has 0 saturated heterocycles. The van der Waals surface area contributed by atoms with E-state index in [1.54, 1.807) is 29.5 Å². The first-order chi connectivity index (χ1) is 14.4. The number of benzene rings is 2. The molecule has 0 bridgehead atoms. The number of hydrogen-bond donors (Lipinski definition) is 2. The zero-order chi connectivity index (χ0) is 21.3. The molecule has 2 heterocycles. The fraction of sp³-hybridized carbons (Fsp3) is 0.136. The summed E-state index contributed by atoms with van der Waals surface area (Å²) >= 11 is 2.91. The van der Waals surface area contributed by atoms with Crippen LogP contribution in [-0.2, 0) is 0 Å². The number of thiophene rings is 1. The molecule has 0 spiro atoms. The lowest BCUT2D eigenvalue weighted by molar-refractivity contribution is 0.101. The van der Waals surface area contributed by atoms with Gasteiger partial charge in [0, 0.05) is 31.0 Å². The van der Waals surface area contributed by atoms with Crippen LogP contribution in [0.25, 0.3) is 9.53 Å². The summed E-state index contributed by atoms with van der Waals surface area (Å²) in [5.74, 6) is -0.424. The van der Waals surface area contributed by atoms with Crippen molar-refractivity contribution in [3.63, 3.8) is 0 Å². The third-order valence-corrected chi connectivity index (χ3v) is 6.87. The molecule has 2 aromatic heterocycles. The highest BCUT2D eigenvalue weighted by molar-refractivity contribution is 7.29. The Morgan fingerprint density at radius 1 is 0.933 bits per heavy atom. The van der Waals surface area contributed by atoms with Crippen molar-refractivity contribution in [3.8, 4) is 0 Å².